The first kappa shape index (κ1) is 12.8. The molecule has 0 saturated carbocycles. The first-order chi connectivity index (χ1) is 7.88. The van der Waals surface area contributed by atoms with Gasteiger partial charge in [0.05, 0.1) is 0 Å². The summed E-state index contributed by atoms with van der Waals surface area (Å²) >= 11 is 0. The third-order valence-electron chi connectivity index (χ3n) is 2.75. The standard InChI is InChI=1S/C16H22/c1-3-5-6-7-9-12-15(4-2)16-13-10-8-11-14-16/h4,8,10-14H,2-3,5-7,9H2,1H3/b15-12+. The van der Waals surface area contributed by atoms with Gasteiger partial charge in [0, 0.05) is 0 Å². The van der Waals surface area contributed by atoms with Crippen LogP contribution in [-0.2, 0) is 0 Å². The summed E-state index contributed by atoms with van der Waals surface area (Å²) in [5.74, 6) is 0. The van der Waals surface area contributed by atoms with E-state index in [-0.39, 0.29) is 0 Å². The molecule has 0 aliphatic carbocycles. The Morgan fingerprint density at radius 3 is 2.50 bits per heavy atom. The van der Waals surface area contributed by atoms with Crippen LogP contribution in [0.5, 0.6) is 0 Å². The van der Waals surface area contributed by atoms with Crippen LogP contribution in [0.25, 0.3) is 5.57 Å². The molecule has 0 aliphatic heterocycles. The summed E-state index contributed by atoms with van der Waals surface area (Å²) < 4.78 is 0. The average molecular weight is 214 g/mol. The molecule has 0 radical (unpaired) electrons. The summed E-state index contributed by atoms with van der Waals surface area (Å²) in [6.45, 7) is 6.13. The first-order valence-corrected chi connectivity index (χ1v) is 6.26. The minimum absolute atomic E-state index is 1.16. The van der Waals surface area contributed by atoms with Crippen molar-refractivity contribution >= 4 is 5.57 Å². The van der Waals surface area contributed by atoms with Crippen molar-refractivity contribution in [2.45, 2.75) is 39.0 Å². The van der Waals surface area contributed by atoms with Crippen LogP contribution in [0.1, 0.15) is 44.6 Å². The summed E-state index contributed by atoms with van der Waals surface area (Å²) in [5.41, 5.74) is 2.53. The number of hydrogen-bond donors (Lipinski definition) is 0. The summed E-state index contributed by atoms with van der Waals surface area (Å²) in [4.78, 5) is 0. The Hall–Kier alpha value is -1.30. The van der Waals surface area contributed by atoms with Crippen molar-refractivity contribution in [2.24, 2.45) is 0 Å². The predicted molar refractivity (Wildman–Crippen MR) is 73.4 cm³/mol. The number of hydrogen-bond acceptors (Lipinski definition) is 0. The van der Waals surface area contributed by atoms with Gasteiger partial charge >= 0.3 is 0 Å². The molecular formula is C16H22. The fourth-order valence-corrected chi connectivity index (χ4v) is 1.78. The lowest BCUT2D eigenvalue weighted by Crippen LogP contribution is -1.81. The summed E-state index contributed by atoms with van der Waals surface area (Å²) in [7, 11) is 0. The minimum atomic E-state index is 1.16. The Labute approximate surface area is 99.7 Å². The monoisotopic (exact) mass is 214 g/mol. The van der Waals surface area contributed by atoms with Gasteiger partial charge in [0.1, 0.15) is 0 Å². The van der Waals surface area contributed by atoms with Crippen molar-refractivity contribution in [3.8, 4) is 0 Å². The quantitative estimate of drug-likeness (QED) is 0.431. The van der Waals surface area contributed by atoms with Gasteiger partial charge in [-0.1, -0.05) is 75.2 Å². The molecule has 0 heterocycles. The molecule has 0 saturated heterocycles. The molecule has 86 valence electrons. The first-order valence-electron chi connectivity index (χ1n) is 6.26. The van der Waals surface area contributed by atoms with E-state index in [0.717, 1.165) is 6.42 Å². The van der Waals surface area contributed by atoms with E-state index >= 15 is 0 Å². The van der Waals surface area contributed by atoms with Crippen LogP contribution in [0, 0.1) is 0 Å². The van der Waals surface area contributed by atoms with Gasteiger partial charge in [0.15, 0.2) is 0 Å². The highest BCUT2D eigenvalue weighted by atomic mass is 14.0. The third kappa shape index (κ3) is 4.48. The van der Waals surface area contributed by atoms with Gasteiger partial charge in [-0.15, -0.1) is 0 Å². The second-order valence-electron chi connectivity index (χ2n) is 4.08. The molecule has 0 N–H and O–H groups in total. The van der Waals surface area contributed by atoms with Gasteiger partial charge in [-0.2, -0.15) is 0 Å². The van der Waals surface area contributed by atoms with Crippen molar-refractivity contribution in [1.82, 2.24) is 0 Å². The van der Waals surface area contributed by atoms with E-state index in [2.05, 4.69) is 43.8 Å². The Morgan fingerprint density at radius 1 is 1.12 bits per heavy atom. The van der Waals surface area contributed by atoms with E-state index in [1.54, 1.807) is 0 Å². The lowest BCUT2D eigenvalue weighted by molar-refractivity contribution is 0.675. The average Bonchev–Trinajstić information content (AvgIpc) is 2.35. The molecule has 0 amide bonds. The zero-order chi connectivity index (χ0) is 11.6. The fourth-order valence-electron chi connectivity index (χ4n) is 1.78. The molecule has 0 nitrogen and oxygen atoms in total. The summed E-state index contributed by atoms with van der Waals surface area (Å²) in [5, 5.41) is 0. The maximum atomic E-state index is 3.88. The highest BCUT2D eigenvalue weighted by Crippen LogP contribution is 2.16. The predicted octanol–water partition coefficient (Wildman–Crippen LogP) is 5.23. The molecule has 0 spiro atoms. The zero-order valence-electron chi connectivity index (χ0n) is 10.3. The molecule has 0 aromatic heterocycles. The largest absolute Gasteiger partial charge is 0.0985 e. The molecule has 16 heavy (non-hydrogen) atoms. The van der Waals surface area contributed by atoms with Crippen LogP contribution in [0.2, 0.25) is 0 Å². The van der Waals surface area contributed by atoms with E-state index in [0.29, 0.717) is 0 Å². The molecule has 0 atom stereocenters. The highest BCUT2D eigenvalue weighted by molar-refractivity contribution is 5.73. The van der Waals surface area contributed by atoms with Crippen LogP contribution in [0.15, 0.2) is 49.1 Å². The molecule has 1 aromatic carbocycles. The van der Waals surface area contributed by atoms with E-state index in [1.807, 2.05) is 12.1 Å². The maximum absolute atomic E-state index is 3.88. The lowest BCUT2D eigenvalue weighted by Gasteiger charge is -2.02. The van der Waals surface area contributed by atoms with Gasteiger partial charge < -0.3 is 0 Å². The van der Waals surface area contributed by atoms with Gasteiger partial charge in [-0.25, -0.2) is 0 Å². The van der Waals surface area contributed by atoms with E-state index in [4.69, 9.17) is 0 Å². The van der Waals surface area contributed by atoms with Crippen LogP contribution < -0.4 is 0 Å². The Balaban J connectivity index is 2.48. The molecule has 0 aliphatic rings. The second kappa shape index (κ2) is 7.92. The van der Waals surface area contributed by atoms with Crippen molar-refractivity contribution in [3.05, 3.63) is 54.6 Å². The number of unbranched alkanes of at least 4 members (excludes halogenated alkanes) is 4. The second-order valence-corrected chi connectivity index (χ2v) is 4.08. The van der Waals surface area contributed by atoms with Crippen molar-refractivity contribution < 1.29 is 0 Å². The van der Waals surface area contributed by atoms with Gasteiger partial charge in [-0.3, -0.25) is 0 Å². The summed E-state index contributed by atoms with van der Waals surface area (Å²) in [6.07, 6.45) is 10.7. The number of benzene rings is 1. The number of allylic oxidation sites excluding steroid dienone is 3. The fraction of sp³-hybridized carbons (Fsp3) is 0.375. The molecule has 0 heteroatoms. The smallest absolute Gasteiger partial charge is 0.0187 e. The van der Waals surface area contributed by atoms with Crippen molar-refractivity contribution in [3.63, 3.8) is 0 Å². The van der Waals surface area contributed by atoms with Gasteiger partial charge in [0.25, 0.3) is 0 Å². The van der Waals surface area contributed by atoms with Crippen LogP contribution in [0.3, 0.4) is 0 Å². The van der Waals surface area contributed by atoms with Crippen LogP contribution in [-0.4, -0.2) is 0 Å². The van der Waals surface area contributed by atoms with Crippen molar-refractivity contribution in [2.75, 3.05) is 0 Å². The lowest BCUT2D eigenvalue weighted by atomic mass is 10.0. The Bertz CT molecular complexity index is 319. The normalized spacial score (nSPS) is 11.4. The number of rotatable bonds is 7. The van der Waals surface area contributed by atoms with Crippen LogP contribution in [0.4, 0.5) is 0 Å². The zero-order valence-corrected chi connectivity index (χ0v) is 10.3. The molecule has 1 aromatic rings. The van der Waals surface area contributed by atoms with Crippen molar-refractivity contribution in [1.29, 1.82) is 0 Å². The molecule has 1 rings (SSSR count). The van der Waals surface area contributed by atoms with Gasteiger partial charge in [-0.05, 0) is 24.0 Å². The molecular weight excluding hydrogens is 192 g/mol. The van der Waals surface area contributed by atoms with E-state index < -0.39 is 0 Å². The molecule has 0 unspecified atom stereocenters. The Kier molecular flexibility index (Phi) is 6.32. The van der Waals surface area contributed by atoms with E-state index in [1.165, 1.54) is 36.8 Å². The minimum Gasteiger partial charge on any atom is -0.0985 e. The molecule has 0 fully saturated rings. The maximum Gasteiger partial charge on any atom is -0.0187 e. The topological polar surface area (TPSA) is 0 Å². The summed E-state index contributed by atoms with van der Waals surface area (Å²) in [6, 6.07) is 10.5. The Morgan fingerprint density at radius 2 is 1.88 bits per heavy atom. The van der Waals surface area contributed by atoms with E-state index in [9.17, 15) is 0 Å². The van der Waals surface area contributed by atoms with Gasteiger partial charge in [0.2, 0.25) is 0 Å². The molecule has 0 bridgehead atoms. The van der Waals surface area contributed by atoms with Crippen LogP contribution >= 0.6 is 0 Å². The highest BCUT2D eigenvalue weighted by Gasteiger charge is 1.95. The third-order valence-corrected chi connectivity index (χ3v) is 2.75. The SMILES string of the molecule is C=C/C(=C\CCCCCC)c1ccccc1.